The molecule has 2 aliphatic rings. The van der Waals surface area contributed by atoms with Gasteiger partial charge >= 0.3 is 0 Å². The van der Waals surface area contributed by atoms with Crippen LogP contribution in [0.3, 0.4) is 0 Å². The molecule has 140 valence electrons. The number of guanidine groups is 1. The first kappa shape index (κ1) is 17.1. The molecule has 0 radical (unpaired) electrons. The largest absolute Gasteiger partial charge is 0.369 e. The summed E-state index contributed by atoms with van der Waals surface area (Å²) in [5, 5.41) is 4.11. The second-order valence-corrected chi connectivity index (χ2v) is 7.61. The molecule has 5 rings (SSSR count). The maximum absolute atomic E-state index is 14.3. The van der Waals surface area contributed by atoms with Crippen LogP contribution in [0.4, 0.5) is 4.39 Å². The Morgan fingerprint density at radius 2 is 2.07 bits per heavy atom. The normalized spacial score (nSPS) is 21.2. The van der Waals surface area contributed by atoms with Crippen LogP contribution >= 0.6 is 11.3 Å². The van der Waals surface area contributed by atoms with Gasteiger partial charge < -0.3 is 5.73 Å². The molecule has 4 heterocycles. The van der Waals surface area contributed by atoms with Crippen LogP contribution in [-0.2, 0) is 5.54 Å². The second kappa shape index (κ2) is 6.53. The van der Waals surface area contributed by atoms with E-state index in [1.54, 1.807) is 23.5 Å². The quantitative estimate of drug-likeness (QED) is 0.694. The molecule has 3 aromatic rings. The van der Waals surface area contributed by atoms with Crippen molar-refractivity contribution >= 4 is 23.1 Å². The molecule has 0 spiro atoms. The Morgan fingerprint density at radius 1 is 1.14 bits per heavy atom. The van der Waals surface area contributed by atoms with E-state index in [9.17, 15) is 4.39 Å². The lowest BCUT2D eigenvalue weighted by Gasteiger charge is -2.32. The number of aromatic nitrogens is 1. The Hall–Kier alpha value is -3.06. The minimum Gasteiger partial charge on any atom is -0.369 e. The van der Waals surface area contributed by atoms with Gasteiger partial charge in [-0.1, -0.05) is 18.2 Å². The predicted octanol–water partition coefficient (Wildman–Crippen LogP) is 3.63. The highest BCUT2D eigenvalue weighted by molar-refractivity contribution is 7.08. The van der Waals surface area contributed by atoms with Crippen LogP contribution in [0.2, 0.25) is 0 Å². The summed E-state index contributed by atoms with van der Waals surface area (Å²) < 4.78 is 14.3. The third kappa shape index (κ3) is 2.46. The number of benzene rings is 1. The van der Waals surface area contributed by atoms with Gasteiger partial charge in [0.05, 0.1) is 0 Å². The molecule has 1 unspecified atom stereocenters. The molecule has 0 saturated carbocycles. The van der Waals surface area contributed by atoms with Gasteiger partial charge in [0.2, 0.25) is 5.95 Å². The molecule has 2 aliphatic heterocycles. The van der Waals surface area contributed by atoms with E-state index in [0.29, 0.717) is 11.5 Å². The second-order valence-electron chi connectivity index (χ2n) is 6.83. The van der Waals surface area contributed by atoms with Crippen LogP contribution in [0.1, 0.15) is 17.5 Å². The van der Waals surface area contributed by atoms with Crippen LogP contribution in [0.15, 0.2) is 69.4 Å². The number of nitrogens with zero attached hydrogens (tertiary/aromatic N) is 4. The van der Waals surface area contributed by atoms with Gasteiger partial charge in [-0.15, -0.1) is 0 Å². The van der Waals surface area contributed by atoms with Crippen molar-refractivity contribution in [2.75, 3.05) is 13.1 Å². The van der Waals surface area contributed by atoms with E-state index in [4.69, 9.17) is 15.7 Å². The number of halogens is 1. The average Bonchev–Trinajstić information content (AvgIpc) is 3.36. The summed E-state index contributed by atoms with van der Waals surface area (Å²) in [6.07, 6.45) is 2.40. The minimum atomic E-state index is -0.806. The zero-order valence-corrected chi connectivity index (χ0v) is 15.9. The van der Waals surface area contributed by atoms with Crippen LogP contribution < -0.4 is 5.73 Å². The summed E-state index contributed by atoms with van der Waals surface area (Å²) in [5.41, 5.74) is 8.65. The fourth-order valence-corrected chi connectivity index (χ4v) is 4.66. The number of thiophene rings is 1. The number of amidine groups is 1. The number of rotatable bonds is 3. The molecule has 2 aromatic heterocycles. The molecule has 2 N–H and O–H groups in total. The van der Waals surface area contributed by atoms with E-state index in [0.717, 1.165) is 42.0 Å². The topological polar surface area (TPSA) is 66.9 Å². The van der Waals surface area contributed by atoms with Crippen molar-refractivity contribution in [3.63, 3.8) is 0 Å². The Bertz CT molecular complexity index is 1090. The lowest BCUT2D eigenvalue weighted by Crippen LogP contribution is -2.46. The monoisotopic (exact) mass is 391 g/mol. The van der Waals surface area contributed by atoms with E-state index in [-0.39, 0.29) is 0 Å². The minimum absolute atomic E-state index is 0.460. The highest BCUT2D eigenvalue weighted by Crippen LogP contribution is 2.43. The first-order valence-electron chi connectivity index (χ1n) is 9.12. The lowest BCUT2D eigenvalue weighted by atomic mass is 9.82. The van der Waals surface area contributed by atoms with Crippen molar-refractivity contribution < 1.29 is 4.39 Å². The summed E-state index contributed by atoms with van der Waals surface area (Å²) in [6, 6.07) is 13.3. The van der Waals surface area contributed by atoms with E-state index in [1.165, 1.54) is 6.20 Å². The number of fused-ring (bicyclic) bond motifs is 1. The van der Waals surface area contributed by atoms with Crippen molar-refractivity contribution in [3.05, 3.63) is 76.5 Å². The highest BCUT2D eigenvalue weighted by atomic mass is 32.1. The molecule has 5 nitrogen and oxygen atoms in total. The molecule has 0 fully saturated rings. The SMILES string of the molecule is NC1=NC(c2ccsc2)(c2cccc(-c3cccnc3F)c2)C2=NCCCN12. The summed E-state index contributed by atoms with van der Waals surface area (Å²) >= 11 is 1.61. The standard InChI is InChI=1S/C21H18FN5S/c22-18-17(6-2-8-24-18)14-4-1-5-15(12-14)21(16-7-11-28-13-16)19-25-9-3-10-27(19)20(23)26-21/h1-2,4-8,11-13H,3,9-10H2,(H2,23,26). The van der Waals surface area contributed by atoms with Crippen molar-refractivity contribution in [2.45, 2.75) is 12.0 Å². The van der Waals surface area contributed by atoms with Gasteiger partial charge in [0.1, 0.15) is 5.84 Å². The van der Waals surface area contributed by atoms with Crippen LogP contribution in [0, 0.1) is 5.95 Å². The summed E-state index contributed by atoms with van der Waals surface area (Å²) in [4.78, 5) is 15.5. The zero-order valence-electron chi connectivity index (χ0n) is 15.0. The van der Waals surface area contributed by atoms with Gasteiger partial charge in [-0.05, 0) is 52.6 Å². The van der Waals surface area contributed by atoms with Crippen LogP contribution in [0.25, 0.3) is 11.1 Å². The first-order chi connectivity index (χ1) is 13.7. The maximum Gasteiger partial charge on any atom is 0.220 e. The molecule has 28 heavy (non-hydrogen) atoms. The molecule has 0 aliphatic carbocycles. The van der Waals surface area contributed by atoms with E-state index in [2.05, 4.69) is 16.4 Å². The van der Waals surface area contributed by atoms with Gasteiger partial charge in [0.15, 0.2) is 11.5 Å². The van der Waals surface area contributed by atoms with E-state index in [1.807, 2.05) is 34.5 Å². The predicted molar refractivity (Wildman–Crippen MR) is 110 cm³/mol. The number of hydrogen-bond acceptors (Lipinski definition) is 6. The Balaban J connectivity index is 1.74. The fraction of sp³-hybridized carbons (Fsp3) is 0.190. The van der Waals surface area contributed by atoms with Gasteiger partial charge in [0.25, 0.3) is 0 Å². The van der Waals surface area contributed by atoms with Crippen LogP contribution in [-0.4, -0.2) is 34.8 Å². The zero-order chi connectivity index (χ0) is 19.1. The first-order valence-corrected chi connectivity index (χ1v) is 10.1. The number of pyridine rings is 1. The highest BCUT2D eigenvalue weighted by Gasteiger charge is 2.49. The lowest BCUT2D eigenvalue weighted by molar-refractivity contribution is 0.531. The molecule has 1 atom stereocenters. The molecule has 0 saturated heterocycles. The van der Waals surface area contributed by atoms with Crippen LogP contribution in [0.5, 0.6) is 0 Å². The number of nitrogens with two attached hydrogens (primary N) is 1. The Kier molecular flexibility index (Phi) is 3.98. The maximum atomic E-state index is 14.3. The van der Waals surface area contributed by atoms with E-state index >= 15 is 0 Å². The molecule has 7 heteroatoms. The van der Waals surface area contributed by atoms with E-state index < -0.39 is 11.5 Å². The smallest absolute Gasteiger partial charge is 0.220 e. The third-order valence-corrected chi connectivity index (χ3v) is 5.91. The van der Waals surface area contributed by atoms with Crippen molar-refractivity contribution in [2.24, 2.45) is 15.7 Å². The Labute approximate surface area is 166 Å². The fourth-order valence-electron chi connectivity index (χ4n) is 3.96. The molecule has 0 amide bonds. The average molecular weight is 391 g/mol. The molecular weight excluding hydrogens is 373 g/mol. The van der Waals surface area contributed by atoms with Crippen molar-refractivity contribution in [1.29, 1.82) is 0 Å². The molecule has 1 aromatic carbocycles. The van der Waals surface area contributed by atoms with Gasteiger partial charge in [-0.25, -0.2) is 9.98 Å². The summed E-state index contributed by atoms with van der Waals surface area (Å²) in [5.74, 6) is 0.830. The molecular formula is C21H18FN5S. The van der Waals surface area contributed by atoms with Crippen molar-refractivity contribution in [3.8, 4) is 11.1 Å². The third-order valence-electron chi connectivity index (χ3n) is 5.23. The van der Waals surface area contributed by atoms with Gasteiger partial charge in [-0.2, -0.15) is 15.7 Å². The van der Waals surface area contributed by atoms with Gasteiger partial charge in [0, 0.05) is 30.4 Å². The summed E-state index contributed by atoms with van der Waals surface area (Å²) in [7, 11) is 0. The van der Waals surface area contributed by atoms with Gasteiger partial charge in [-0.3, -0.25) is 9.89 Å². The Morgan fingerprint density at radius 3 is 2.89 bits per heavy atom. The van der Waals surface area contributed by atoms with Crippen molar-refractivity contribution in [1.82, 2.24) is 9.88 Å². The molecule has 0 bridgehead atoms. The number of aliphatic imine (C=N–C) groups is 2. The number of hydrogen-bond donors (Lipinski definition) is 1. The summed E-state index contributed by atoms with van der Waals surface area (Å²) in [6.45, 7) is 1.55.